The number of anilines is 1. The lowest BCUT2D eigenvalue weighted by atomic mass is 10.2. The summed E-state index contributed by atoms with van der Waals surface area (Å²) in [5, 5.41) is 2.74. The Bertz CT molecular complexity index is 869. The monoisotopic (exact) mass is 403 g/mol. The van der Waals surface area contributed by atoms with E-state index in [1.54, 1.807) is 24.7 Å². The highest BCUT2D eigenvalue weighted by molar-refractivity contribution is 9.10. The van der Waals surface area contributed by atoms with Crippen LogP contribution in [0, 0.1) is 5.82 Å². The van der Waals surface area contributed by atoms with Crippen LogP contribution in [0.25, 0.3) is 0 Å². The van der Waals surface area contributed by atoms with E-state index in [0.29, 0.717) is 16.7 Å². The standard InChI is InChI=1S/C18H15BrFN3O2/c19-14-4-5-17(16(20)9-14)25-11-18(24)22-15-3-1-2-13(8-15)10-23-7-6-21-12-23/h1-9,12H,10-11H2,(H,22,24). The van der Waals surface area contributed by atoms with Crippen LogP contribution in [0.4, 0.5) is 10.1 Å². The predicted molar refractivity (Wildman–Crippen MR) is 96.0 cm³/mol. The van der Waals surface area contributed by atoms with E-state index in [1.165, 1.54) is 12.1 Å². The van der Waals surface area contributed by atoms with Crippen LogP contribution in [0.5, 0.6) is 5.75 Å². The van der Waals surface area contributed by atoms with Crippen molar-refractivity contribution in [2.75, 3.05) is 11.9 Å². The largest absolute Gasteiger partial charge is 0.481 e. The van der Waals surface area contributed by atoms with Gasteiger partial charge in [0, 0.05) is 29.1 Å². The molecule has 0 saturated heterocycles. The van der Waals surface area contributed by atoms with Crippen molar-refractivity contribution in [1.82, 2.24) is 9.55 Å². The first-order valence-electron chi connectivity index (χ1n) is 7.52. The summed E-state index contributed by atoms with van der Waals surface area (Å²) in [5.74, 6) is -0.848. The van der Waals surface area contributed by atoms with E-state index in [2.05, 4.69) is 26.2 Å². The zero-order valence-electron chi connectivity index (χ0n) is 13.2. The first-order valence-corrected chi connectivity index (χ1v) is 8.32. The highest BCUT2D eigenvalue weighted by atomic mass is 79.9. The third-order valence-corrected chi connectivity index (χ3v) is 3.88. The van der Waals surface area contributed by atoms with Gasteiger partial charge in [-0.2, -0.15) is 0 Å². The summed E-state index contributed by atoms with van der Waals surface area (Å²) < 4.78 is 21.4. The lowest BCUT2D eigenvalue weighted by Crippen LogP contribution is -2.20. The molecule has 0 aliphatic heterocycles. The lowest BCUT2D eigenvalue weighted by Gasteiger charge is -2.10. The van der Waals surface area contributed by atoms with Gasteiger partial charge in [-0.25, -0.2) is 9.37 Å². The lowest BCUT2D eigenvalue weighted by molar-refractivity contribution is -0.118. The zero-order chi connectivity index (χ0) is 17.6. The van der Waals surface area contributed by atoms with Crippen LogP contribution in [-0.4, -0.2) is 22.1 Å². The summed E-state index contributed by atoms with van der Waals surface area (Å²) in [6.45, 7) is 0.384. The molecule has 1 aromatic heterocycles. The van der Waals surface area contributed by atoms with Gasteiger partial charge in [-0.15, -0.1) is 0 Å². The number of ether oxygens (including phenoxy) is 1. The molecule has 0 aliphatic rings. The van der Waals surface area contributed by atoms with Gasteiger partial charge in [-0.1, -0.05) is 28.1 Å². The summed E-state index contributed by atoms with van der Waals surface area (Å²) in [6.07, 6.45) is 5.31. The molecule has 128 valence electrons. The van der Waals surface area contributed by atoms with Gasteiger partial charge in [-0.3, -0.25) is 4.79 Å². The molecule has 1 heterocycles. The molecule has 0 unspecified atom stereocenters. The number of nitrogens with one attached hydrogen (secondary N) is 1. The third kappa shape index (κ3) is 4.90. The van der Waals surface area contributed by atoms with E-state index in [0.717, 1.165) is 5.56 Å². The average Bonchev–Trinajstić information content (AvgIpc) is 3.07. The van der Waals surface area contributed by atoms with Crippen molar-refractivity contribution < 1.29 is 13.9 Å². The number of halogens is 2. The van der Waals surface area contributed by atoms with Crippen LogP contribution >= 0.6 is 15.9 Å². The van der Waals surface area contributed by atoms with Crippen LogP contribution < -0.4 is 10.1 Å². The maximum atomic E-state index is 13.7. The molecule has 3 aromatic rings. The molecule has 1 N–H and O–H groups in total. The van der Waals surface area contributed by atoms with Gasteiger partial charge in [0.05, 0.1) is 6.33 Å². The van der Waals surface area contributed by atoms with Crippen molar-refractivity contribution in [2.45, 2.75) is 6.54 Å². The van der Waals surface area contributed by atoms with Gasteiger partial charge < -0.3 is 14.6 Å². The summed E-state index contributed by atoms with van der Waals surface area (Å²) in [6, 6.07) is 11.9. The Morgan fingerprint density at radius 3 is 2.92 bits per heavy atom. The first-order chi connectivity index (χ1) is 12.1. The van der Waals surface area contributed by atoms with Gasteiger partial charge in [0.25, 0.3) is 5.91 Å². The molecule has 0 saturated carbocycles. The quantitative estimate of drug-likeness (QED) is 0.679. The Labute approximate surface area is 152 Å². The van der Waals surface area contributed by atoms with E-state index < -0.39 is 5.82 Å². The number of imidazole rings is 1. The molecule has 25 heavy (non-hydrogen) atoms. The second-order valence-electron chi connectivity index (χ2n) is 5.35. The molecule has 1 amide bonds. The molecule has 7 heteroatoms. The first kappa shape index (κ1) is 17.2. The molecule has 0 radical (unpaired) electrons. The summed E-state index contributed by atoms with van der Waals surface area (Å²) in [4.78, 5) is 16.0. The number of aromatic nitrogens is 2. The molecule has 0 bridgehead atoms. The Hall–Kier alpha value is -2.67. The average molecular weight is 404 g/mol. The minimum absolute atomic E-state index is 0.0345. The minimum Gasteiger partial charge on any atom is -0.481 e. The van der Waals surface area contributed by atoms with E-state index in [9.17, 15) is 9.18 Å². The third-order valence-electron chi connectivity index (χ3n) is 3.39. The molecule has 0 atom stereocenters. The zero-order valence-corrected chi connectivity index (χ0v) is 14.7. The van der Waals surface area contributed by atoms with Crippen molar-refractivity contribution >= 4 is 27.5 Å². The number of amides is 1. The maximum Gasteiger partial charge on any atom is 0.262 e. The van der Waals surface area contributed by atoms with Crippen molar-refractivity contribution in [3.05, 3.63) is 77.0 Å². The second-order valence-corrected chi connectivity index (χ2v) is 6.26. The van der Waals surface area contributed by atoms with E-state index >= 15 is 0 Å². The van der Waals surface area contributed by atoms with Crippen molar-refractivity contribution in [1.29, 1.82) is 0 Å². The van der Waals surface area contributed by atoms with Gasteiger partial charge in [0.2, 0.25) is 0 Å². The van der Waals surface area contributed by atoms with Crippen LogP contribution in [0.15, 0.2) is 65.7 Å². The highest BCUT2D eigenvalue weighted by Crippen LogP contribution is 2.21. The van der Waals surface area contributed by atoms with Gasteiger partial charge in [-0.05, 0) is 35.9 Å². The van der Waals surface area contributed by atoms with Crippen molar-refractivity contribution in [2.24, 2.45) is 0 Å². The molecule has 0 fully saturated rings. The number of carbonyl (C=O) groups is 1. The SMILES string of the molecule is O=C(COc1ccc(Br)cc1F)Nc1cccc(Cn2ccnc2)c1. The van der Waals surface area contributed by atoms with E-state index in [4.69, 9.17) is 4.74 Å². The number of nitrogens with zero attached hydrogens (tertiary/aromatic N) is 2. The smallest absolute Gasteiger partial charge is 0.262 e. The maximum absolute atomic E-state index is 13.7. The fourth-order valence-corrected chi connectivity index (χ4v) is 2.60. The second kappa shape index (κ2) is 7.94. The van der Waals surface area contributed by atoms with Crippen LogP contribution in [0.2, 0.25) is 0 Å². The van der Waals surface area contributed by atoms with Crippen LogP contribution in [0.3, 0.4) is 0 Å². The Morgan fingerprint density at radius 1 is 1.28 bits per heavy atom. The van der Waals surface area contributed by atoms with Crippen molar-refractivity contribution in [3.63, 3.8) is 0 Å². The minimum atomic E-state index is -0.524. The van der Waals surface area contributed by atoms with Crippen LogP contribution in [-0.2, 0) is 11.3 Å². The predicted octanol–water partition coefficient (Wildman–Crippen LogP) is 3.85. The number of benzene rings is 2. The number of hydrogen-bond acceptors (Lipinski definition) is 3. The molecule has 2 aromatic carbocycles. The summed E-state index contributed by atoms with van der Waals surface area (Å²) in [7, 11) is 0. The highest BCUT2D eigenvalue weighted by Gasteiger charge is 2.08. The van der Waals surface area contributed by atoms with Gasteiger partial charge in [0.1, 0.15) is 0 Å². The summed E-state index contributed by atoms with van der Waals surface area (Å²) in [5.41, 5.74) is 1.68. The molecule has 0 aliphatic carbocycles. The van der Waals surface area contributed by atoms with Gasteiger partial charge in [0.15, 0.2) is 18.2 Å². The van der Waals surface area contributed by atoms with Crippen LogP contribution in [0.1, 0.15) is 5.56 Å². The van der Waals surface area contributed by atoms with E-state index in [1.807, 2.05) is 29.0 Å². The number of rotatable bonds is 6. The normalized spacial score (nSPS) is 10.5. The number of carbonyl (C=O) groups excluding carboxylic acids is 1. The fourth-order valence-electron chi connectivity index (χ4n) is 2.27. The fraction of sp³-hybridized carbons (Fsp3) is 0.111. The van der Waals surface area contributed by atoms with Gasteiger partial charge >= 0.3 is 0 Å². The molecular formula is C18H15BrFN3O2. The Kier molecular flexibility index (Phi) is 5.45. The molecule has 3 rings (SSSR count). The Balaban J connectivity index is 1.57. The summed E-state index contributed by atoms with van der Waals surface area (Å²) >= 11 is 3.17. The number of hydrogen-bond donors (Lipinski definition) is 1. The Morgan fingerprint density at radius 2 is 2.16 bits per heavy atom. The topological polar surface area (TPSA) is 56.1 Å². The molecule has 5 nitrogen and oxygen atoms in total. The molecule has 0 spiro atoms. The van der Waals surface area contributed by atoms with E-state index in [-0.39, 0.29) is 18.3 Å². The molecular weight excluding hydrogens is 389 g/mol. The van der Waals surface area contributed by atoms with Crippen molar-refractivity contribution in [3.8, 4) is 5.75 Å².